The first-order valence-electron chi connectivity index (χ1n) is 7.93. The minimum atomic E-state index is -0.509. The minimum Gasteiger partial charge on any atom is -0.444 e. The molecule has 0 aliphatic carbocycles. The Morgan fingerprint density at radius 1 is 1.36 bits per heavy atom. The second-order valence-electron chi connectivity index (χ2n) is 6.76. The summed E-state index contributed by atoms with van der Waals surface area (Å²) in [7, 11) is 0. The fourth-order valence-corrected chi connectivity index (χ4v) is 2.74. The van der Waals surface area contributed by atoms with E-state index < -0.39 is 5.60 Å². The lowest BCUT2D eigenvalue weighted by atomic mass is 10.2. The van der Waals surface area contributed by atoms with Crippen LogP contribution in [0.25, 0.3) is 5.82 Å². The zero-order valence-electron chi connectivity index (χ0n) is 14.3. The van der Waals surface area contributed by atoms with E-state index in [1.165, 1.54) is 23.7 Å². The van der Waals surface area contributed by atoms with E-state index in [1.807, 2.05) is 20.8 Å². The molecule has 0 aromatic carbocycles. The number of carbonyl (C=O) groups excluding carboxylic acids is 1. The van der Waals surface area contributed by atoms with Gasteiger partial charge in [0.25, 0.3) is 0 Å². The van der Waals surface area contributed by atoms with E-state index in [9.17, 15) is 4.79 Å². The normalized spacial score (nSPS) is 17.6. The van der Waals surface area contributed by atoms with E-state index >= 15 is 0 Å². The molecule has 0 radical (unpaired) electrons. The number of hydrogen-bond donors (Lipinski definition) is 1. The average molecular weight is 366 g/mol. The molecule has 1 saturated heterocycles. The molecule has 1 aliphatic heterocycles. The predicted octanol–water partition coefficient (Wildman–Crippen LogP) is 2.13. The van der Waals surface area contributed by atoms with Crippen molar-refractivity contribution in [2.24, 2.45) is 0 Å². The Kier molecular flexibility index (Phi) is 4.76. The van der Waals surface area contributed by atoms with Gasteiger partial charge in [-0.25, -0.2) is 24.4 Å². The number of amides is 1. The minimum absolute atomic E-state index is 0.0310. The van der Waals surface area contributed by atoms with Crippen LogP contribution in [-0.2, 0) is 4.74 Å². The third-order valence-electron chi connectivity index (χ3n) is 3.59. The van der Waals surface area contributed by atoms with Crippen molar-refractivity contribution in [3.05, 3.63) is 24.0 Å². The molecule has 9 nitrogen and oxygen atoms in total. The van der Waals surface area contributed by atoms with Crippen molar-refractivity contribution < 1.29 is 9.53 Å². The number of carbonyl (C=O) groups is 1. The molecule has 3 rings (SSSR count). The van der Waals surface area contributed by atoms with Crippen molar-refractivity contribution in [3.63, 3.8) is 0 Å². The van der Waals surface area contributed by atoms with Gasteiger partial charge in [0, 0.05) is 19.1 Å². The molecule has 1 aliphatic rings. The summed E-state index contributed by atoms with van der Waals surface area (Å²) in [5.41, 5.74) is -0.509. The summed E-state index contributed by atoms with van der Waals surface area (Å²) in [6.45, 7) is 6.69. The van der Waals surface area contributed by atoms with E-state index in [1.54, 1.807) is 4.90 Å². The highest BCUT2D eigenvalue weighted by molar-refractivity contribution is 6.34. The highest BCUT2D eigenvalue weighted by Crippen LogP contribution is 2.26. The summed E-state index contributed by atoms with van der Waals surface area (Å²) < 4.78 is 6.87. The number of rotatable bonds is 3. The highest BCUT2D eigenvalue weighted by atomic mass is 35.5. The van der Waals surface area contributed by atoms with E-state index in [0.29, 0.717) is 29.7 Å². The molecule has 1 unspecified atom stereocenters. The summed E-state index contributed by atoms with van der Waals surface area (Å²) in [6, 6.07) is 0.0310. The van der Waals surface area contributed by atoms with E-state index in [2.05, 4.69) is 25.4 Å². The van der Waals surface area contributed by atoms with Gasteiger partial charge in [-0.3, -0.25) is 0 Å². The molecular weight excluding hydrogens is 346 g/mol. The number of hydrogen-bond acceptors (Lipinski definition) is 7. The zero-order valence-corrected chi connectivity index (χ0v) is 15.1. The van der Waals surface area contributed by atoms with Crippen LogP contribution in [0.1, 0.15) is 27.2 Å². The number of nitrogens with zero attached hydrogens (tertiary/aromatic N) is 6. The summed E-state index contributed by atoms with van der Waals surface area (Å²) in [4.78, 5) is 26.0. The maximum Gasteiger partial charge on any atom is 0.410 e. The smallest absolute Gasteiger partial charge is 0.410 e. The number of ether oxygens (including phenoxy) is 1. The number of aromatic nitrogens is 5. The van der Waals surface area contributed by atoms with Gasteiger partial charge in [0.1, 0.15) is 29.6 Å². The number of nitrogens with one attached hydrogen (secondary N) is 1. The average Bonchev–Trinajstić information content (AvgIpc) is 3.19. The van der Waals surface area contributed by atoms with Gasteiger partial charge < -0.3 is 15.0 Å². The largest absolute Gasteiger partial charge is 0.444 e. The molecule has 0 saturated carbocycles. The van der Waals surface area contributed by atoms with Crippen molar-refractivity contribution in [1.82, 2.24) is 29.6 Å². The van der Waals surface area contributed by atoms with Crippen molar-refractivity contribution in [1.29, 1.82) is 0 Å². The summed E-state index contributed by atoms with van der Waals surface area (Å²) in [5, 5.41) is 7.64. The number of halogens is 1. The Morgan fingerprint density at radius 3 is 2.84 bits per heavy atom. The van der Waals surface area contributed by atoms with Crippen LogP contribution in [0.4, 0.5) is 10.6 Å². The first-order valence-corrected chi connectivity index (χ1v) is 8.31. The first-order chi connectivity index (χ1) is 11.8. The quantitative estimate of drug-likeness (QED) is 0.889. The molecule has 0 bridgehead atoms. The Morgan fingerprint density at radius 2 is 2.16 bits per heavy atom. The molecule has 25 heavy (non-hydrogen) atoms. The van der Waals surface area contributed by atoms with Gasteiger partial charge in [-0.2, -0.15) is 5.10 Å². The van der Waals surface area contributed by atoms with Crippen LogP contribution in [0, 0.1) is 0 Å². The van der Waals surface area contributed by atoms with Crippen LogP contribution < -0.4 is 5.32 Å². The SMILES string of the molecule is CC(C)(C)OC(=O)N1CCC(Nc2ncnc(-n3cncn3)c2Cl)C1. The third-order valence-corrected chi connectivity index (χ3v) is 3.94. The molecule has 2 aromatic rings. The van der Waals surface area contributed by atoms with Crippen LogP contribution in [0.3, 0.4) is 0 Å². The fourth-order valence-electron chi connectivity index (χ4n) is 2.50. The topological polar surface area (TPSA) is 98.1 Å². The predicted molar refractivity (Wildman–Crippen MR) is 91.8 cm³/mol. The van der Waals surface area contributed by atoms with Crippen LogP contribution in [0.2, 0.25) is 5.02 Å². The second-order valence-corrected chi connectivity index (χ2v) is 7.13. The van der Waals surface area contributed by atoms with Crippen LogP contribution in [-0.4, -0.2) is 60.5 Å². The maximum atomic E-state index is 12.1. The van der Waals surface area contributed by atoms with Crippen molar-refractivity contribution in [2.45, 2.75) is 38.8 Å². The molecule has 0 spiro atoms. The van der Waals surface area contributed by atoms with Crippen molar-refractivity contribution in [2.75, 3.05) is 18.4 Å². The highest BCUT2D eigenvalue weighted by Gasteiger charge is 2.30. The fraction of sp³-hybridized carbons (Fsp3) is 0.533. The second kappa shape index (κ2) is 6.83. The van der Waals surface area contributed by atoms with Gasteiger partial charge in [0.2, 0.25) is 0 Å². The Hall–Kier alpha value is -2.42. The van der Waals surface area contributed by atoms with E-state index in [4.69, 9.17) is 16.3 Å². The Bertz CT molecular complexity index is 745. The lowest BCUT2D eigenvalue weighted by Gasteiger charge is -2.24. The van der Waals surface area contributed by atoms with Crippen LogP contribution >= 0.6 is 11.6 Å². The van der Waals surface area contributed by atoms with Gasteiger partial charge in [-0.05, 0) is 27.2 Å². The Balaban J connectivity index is 1.66. The van der Waals surface area contributed by atoms with E-state index in [-0.39, 0.29) is 12.1 Å². The first kappa shape index (κ1) is 17.4. The number of anilines is 1. The van der Waals surface area contributed by atoms with Crippen molar-refractivity contribution in [3.8, 4) is 5.82 Å². The monoisotopic (exact) mass is 365 g/mol. The molecule has 134 valence electrons. The lowest BCUT2D eigenvalue weighted by molar-refractivity contribution is 0.0293. The van der Waals surface area contributed by atoms with E-state index in [0.717, 1.165) is 6.42 Å². The lowest BCUT2D eigenvalue weighted by Crippen LogP contribution is -2.36. The van der Waals surface area contributed by atoms with Gasteiger partial charge in [0.05, 0.1) is 0 Å². The van der Waals surface area contributed by atoms with Crippen LogP contribution in [0.5, 0.6) is 0 Å². The summed E-state index contributed by atoms with van der Waals surface area (Å²) in [5.74, 6) is 0.942. The maximum absolute atomic E-state index is 12.1. The van der Waals surface area contributed by atoms with Crippen molar-refractivity contribution >= 4 is 23.5 Å². The van der Waals surface area contributed by atoms with Gasteiger partial charge in [-0.1, -0.05) is 11.6 Å². The summed E-state index contributed by atoms with van der Waals surface area (Å²) >= 11 is 6.38. The Labute approximate surface area is 150 Å². The molecule has 10 heteroatoms. The third kappa shape index (κ3) is 4.16. The summed E-state index contributed by atoms with van der Waals surface area (Å²) in [6.07, 6.45) is 4.79. The molecular formula is C15H20ClN7O2. The molecule has 2 aromatic heterocycles. The van der Waals surface area contributed by atoms with Gasteiger partial charge in [0.15, 0.2) is 11.6 Å². The molecule has 1 fully saturated rings. The molecule has 1 N–H and O–H groups in total. The molecule has 1 amide bonds. The number of likely N-dealkylation sites (tertiary alicyclic amines) is 1. The zero-order chi connectivity index (χ0) is 18.0. The molecule has 1 atom stereocenters. The molecule has 3 heterocycles. The van der Waals surface area contributed by atoms with Gasteiger partial charge >= 0.3 is 6.09 Å². The van der Waals surface area contributed by atoms with Gasteiger partial charge in [-0.15, -0.1) is 0 Å². The standard InChI is InChI=1S/C15H20ClN7O2/c1-15(2,3)25-14(24)22-5-4-10(6-22)21-12-11(16)13(19-8-18-12)23-9-17-7-20-23/h7-10H,4-6H2,1-3H3,(H,18,19,21). The van der Waals surface area contributed by atoms with Crippen LogP contribution in [0.15, 0.2) is 19.0 Å².